The minimum Gasteiger partial charge on any atom is -0.451 e. The summed E-state index contributed by atoms with van der Waals surface area (Å²) in [6, 6.07) is 11.9. The largest absolute Gasteiger partial charge is 0.451 e. The van der Waals surface area contributed by atoms with Gasteiger partial charge in [-0.15, -0.1) is 11.3 Å². The maximum atomic E-state index is 13.3. The molecule has 0 amide bonds. The summed E-state index contributed by atoms with van der Waals surface area (Å²) in [6.07, 6.45) is 7.20. The maximum Gasteiger partial charge on any atom is 0.339 e. The van der Waals surface area contributed by atoms with Gasteiger partial charge in [0, 0.05) is 16.7 Å². The average Bonchev–Trinajstić information content (AvgIpc) is 3.27. The first-order valence-corrected chi connectivity index (χ1v) is 11.5. The third kappa shape index (κ3) is 3.58. The van der Waals surface area contributed by atoms with Crippen LogP contribution in [0.15, 0.2) is 41.8 Å². The molecule has 0 spiro atoms. The van der Waals surface area contributed by atoms with Gasteiger partial charge < -0.3 is 4.74 Å². The van der Waals surface area contributed by atoms with Crippen LogP contribution in [0.5, 0.6) is 0 Å². The Bertz CT molecular complexity index is 1150. The Morgan fingerprint density at radius 3 is 2.80 bits per heavy atom. The Labute approximate surface area is 179 Å². The number of rotatable bonds is 3. The van der Waals surface area contributed by atoms with E-state index in [4.69, 9.17) is 9.72 Å². The van der Waals surface area contributed by atoms with Gasteiger partial charge in [-0.1, -0.05) is 24.3 Å². The minimum atomic E-state index is -0.612. The number of ether oxygens (including phenoxy) is 1. The topological polar surface area (TPSA) is 56.3 Å². The third-order valence-corrected chi connectivity index (χ3v) is 6.80. The Hall–Kier alpha value is -2.79. The number of esters is 1. The first-order valence-electron chi connectivity index (χ1n) is 10.6. The lowest BCUT2D eigenvalue weighted by molar-refractivity contribution is -0.129. The first kappa shape index (κ1) is 19.2. The van der Waals surface area contributed by atoms with Crippen LogP contribution >= 0.6 is 11.3 Å². The van der Waals surface area contributed by atoms with Crippen molar-refractivity contribution in [3.63, 3.8) is 0 Å². The summed E-state index contributed by atoms with van der Waals surface area (Å²) in [5, 5.41) is 2.87. The Morgan fingerprint density at radius 2 is 1.97 bits per heavy atom. The molecule has 1 fully saturated rings. The zero-order chi connectivity index (χ0) is 20.5. The van der Waals surface area contributed by atoms with Gasteiger partial charge in [-0.3, -0.25) is 4.79 Å². The number of para-hydroxylation sites is 1. The Morgan fingerprint density at radius 1 is 1.07 bits per heavy atom. The van der Waals surface area contributed by atoms with Gasteiger partial charge >= 0.3 is 5.97 Å². The van der Waals surface area contributed by atoms with Crippen molar-refractivity contribution in [2.24, 2.45) is 0 Å². The molecule has 5 heteroatoms. The van der Waals surface area contributed by atoms with Crippen LogP contribution in [-0.2, 0) is 16.0 Å². The molecule has 1 saturated carbocycles. The highest BCUT2D eigenvalue weighted by atomic mass is 32.1. The van der Waals surface area contributed by atoms with Crippen LogP contribution in [0.2, 0.25) is 0 Å². The molecule has 1 atom stereocenters. The van der Waals surface area contributed by atoms with Crippen LogP contribution in [0, 0.1) is 0 Å². The van der Waals surface area contributed by atoms with Gasteiger partial charge in [0.2, 0.25) is 0 Å². The van der Waals surface area contributed by atoms with E-state index in [1.165, 1.54) is 4.88 Å². The van der Waals surface area contributed by atoms with E-state index in [0.29, 0.717) is 18.4 Å². The summed E-state index contributed by atoms with van der Waals surface area (Å²) in [4.78, 5) is 31.7. The van der Waals surface area contributed by atoms with Crippen LogP contribution < -0.4 is 0 Å². The number of nitrogens with zero attached hydrogens (tertiary/aromatic N) is 1. The molecule has 152 valence electrons. The number of aromatic nitrogens is 1. The molecule has 0 N–H and O–H groups in total. The molecule has 0 saturated heterocycles. The monoisotopic (exact) mass is 417 g/mol. The zero-order valence-electron chi connectivity index (χ0n) is 16.7. The maximum absolute atomic E-state index is 13.3. The van der Waals surface area contributed by atoms with E-state index in [1.54, 1.807) is 11.3 Å². The van der Waals surface area contributed by atoms with Crippen molar-refractivity contribution in [1.82, 2.24) is 4.98 Å². The predicted octanol–water partition coefficient (Wildman–Crippen LogP) is 5.84. The van der Waals surface area contributed by atoms with Crippen LogP contribution in [0.4, 0.5) is 0 Å². The molecule has 0 bridgehead atoms. The molecular weight excluding hydrogens is 394 g/mol. The lowest BCUT2D eigenvalue weighted by atomic mass is 9.86. The number of benzene rings is 1. The van der Waals surface area contributed by atoms with Crippen molar-refractivity contribution in [3.05, 3.63) is 63.5 Å². The number of Topliss-reactive ketones (excluding diaryl/α,β-unsaturated/α-hetero) is 1. The van der Waals surface area contributed by atoms with Gasteiger partial charge in [0.05, 0.1) is 16.8 Å². The van der Waals surface area contributed by atoms with Crippen LogP contribution in [0.25, 0.3) is 22.6 Å². The van der Waals surface area contributed by atoms with Crippen molar-refractivity contribution < 1.29 is 14.3 Å². The average molecular weight is 418 g/mol. The van der Waals surface area contributed by atoms with Gasteiger partial charge in [-0.05, 0) is 73.3 Å². The molecule has 1 aromatic carbocycles. The van der Waals surface area contributed by atoms with E-state index in [2.05, 4.69) is 17.5 Å². The van der Waals surface area contributed by atoms with Crippen molar-refractivity contribution in [2.45, 2.75) is 51.0 Å². The molecule has 5 rings (SSSR count). The normalized spacial score (nSPS) is 20.3. The summed E-state index contributed by atoms with van der Waals surface area (Å²) in [6.45, 7) is 0. The number of fused-ring (bicyclic) bond motifs is 2. The molecule has 2 aromatic heterocycles. The minimum absolute atomic E-state index is 0.0418. The number of hydrogen-bond donors (Lipinski definition) is 0. The summed E-state index contributed by atoms with van der Waals surface area (Å²) in [5.41, 5.74) is 4.39. The fraction of sp³-hybridized carbons (Fsp3) is 0.320. The standard InChI is InChI=1S/C25H23NO3S/c27-21-12-3-4-13-22(21)29-25(28)23-18-9-1-2-11-20(18)26-24-16(7-5-10-19(23)24)15-17-8-6-14-30-17/h1-2,6,8-9,11,14-15,22H,3-5,7,10,12-13H2/b16-15-/t22-/m0/s1. The fourth-order valence-electron chi connectivity index (χ4n) is 4.52. The predicted molar refractivity (Wildman–Crippen MR) is 120 cm³/mol. The molecule has 30 heavy (non-hydrogen) atoms. The molecule has 2 aliphatic carbocycles. The summed E-state index contributed by atoms with van der Waals surface area (Å²) in [7, 11) is 0. The molecule has 0 radical (unpaired) electrons. The number of ketones is 1. The molecule has 2 heterocycles. The van der Waals surface area contributed by atoms with Crippen molar-refractivity contribution in [2.75, 3.05) is 0 Å². The van der Waals surface area contributed by atoms with Crippen LogP contribution in [-0.4, -0.2) is 22.8 Å². The van der Waals surface area contributed by atoms with E-state index in [0.717, 1.165) is 59.8 Å². The zero-order valence-corrected chi connectivity index (χ0v) is 17.5. The summed E-state index contributed by atoms with van der Waals surface area (Å²) >= 11 is 1.70. The number of carbonyl (C=O) groups is 2. The smallest absolute Gasteiger partial charge is 0.339 e. The SMILES string of the molecule is O=C(O[C@H]1CCCCC1=O)c1c2c(nc3ccccc13)/C(=C\c1cccs1)CCC2. The number of carbonyl (C=O) groups excluding carboxylic acids is 2. The van der Waals surface area contributed by atoms with E-state index < -0.39 is 6.10 Å². The van der Waals surface area contributed by atoms with E-state index in [9.17, 15) is 9.59 Å². The second kappa shape index (κ2) is 8.15. The summed E-state index contributed by atoms with van der Waals surface area (Å²) < 4.78 is 5.77. The molecule has 0 unspecified atom stereocenters. The molecule has 4 nitrogen and oxygen atoms in total. The van der Waals surface area contributed by atoms with Gasteiger partial charge in [0.1, 0.15) is 0 Å². The van der Waals surface area contributed by atoms with Gasteiger partial charge in [0.25, 0.3) is 0 Å². The number of allylic oxidation sites excluding steroid dienone is 1. The lowest BCUT2D eigenvalue weighted by Crippen LogP contribution is -2.30. The highest BCUT2D eigenvalue weighted by Crippen LogP contribution is 2.37. The van der Waals surface area contributed by atoms with Crippen LogP contribution in [0.1, 0.15) is 65.0 Å². The van der Waals surface area contributed by atoms with Crippen molar-refractivity contribution in [1.29, 1.82) is 0 Å². The van der Waals surface area contributed by atoms with Crippen molar-refractivity contribution >= 4 is 45.6 Å². The number of thiophene rings is 1. The van der Waals surface area contributed by atoms with Gasteiger partial charge in [-0.25, -0.2) is 9.78 Å². The quantitative estimate of drug-likeness (QED) is 0.502. The second-order valence-electron chi connectivity index (χ2n) is 7.98. The van der Waals surface area contributed by atoms with Crippen LogP contribution in [0.3, 0.4) is 0 Å². The summed E-state index contributed by atoms with van der Waals surface area (Å²) in [5.74, 6) is -0.345. The van der Waals surface area contributed by atoms with Gasteiger partial charge in [-0.2, -0.15) is 0 Å². The Kier molecular flexibility index (Phi) is 5.21. The highest BCUT2D eigenvalue weighted by Gasteiger charge is 2.30. The molecule has 3 aromatic rings. The fourth-order valence-corrected chi connectivity index (χ4v) is 5.20. The molecular formula is C25H23NO3S. The molecule has 2 aliphatic rings. The van der Waals surface area contributed by atoms with Crippen molar-refractivity contribution in [3.8, 4) is 0 Å². The highest BCUT2D eigenvalue weighted by molar-refractivity contribution is 7.10. The van der Waals surface area contributed by atoms with E-state index in [1.807, 2.05) is 30.3 Å². The Balaban J connectivity index is 1.62. The number of pyridine rings is 1. The first-order chi connectivity index (χ1) is 14.7. The van der Waals surface area contributed by atoms with E-state index in [-0.39, 0.29) is 11.8 Å². The van der Waals surface area contributed by atoms with E-state index >= 15 is 0 Å². The second-order valence-corrected chi connectivity index (χ2v) is 8.95. The number of hydrogen-bond acceptors (Lipinski definition) is 5. The lowest BCUT2D eigenvalue weighted by Gasteiger charge is -2.25. The van der Waals surface area contributed by atoms with Gasteiger partial charge in [0.15, 0.2) is 11.9 Å². The molecule has 0 aliphatic heterocycles. The third-order valence-electron chi connectivity index (χ3n) is 5.98.